The molecule has 0 radical (unpaired) electrons. The van der Waals surface area contributed by atoms with Gasteiger partial charge < -0.3 is 35.2 Å². The van der Waals surface area contributed by atoms with Crippen molar-refractivity contribution in [2.45, 2.75) is 118 Å². The number of hydrogen-bond acceptors (Lipinski definition) is 10. The van der Waals surface area contributed by atoms with Crippen molar-refractivity contribution < 1.29 is 46.3 Å². The molecule has 1 spiro atoms. The van der Waals surface area contributed by atoms with E-state index in [-0.39, 0.29) is 37.6 Å². The zero-order chi connectivity index (χ0) is 43.1. The van der Waals surface area contributed by atoms with E-state index in [1.54, 1.807) is 4.90 Å². The Bertz CT molecular complexity index is 2130. The second-order valence-electron chi connectivity index (χ2n) is 16.6. The van der Waals surface area contributed by atoms with Gasteiger partial charge in [0.25, 0.3) is 15.9 Å². The van der Waals surface area contributed by atoms with E-state index in [2.05, 4.69) is 27.3 Å². The number of halogens is 1. The number of anilines is 1. The molecule has 0 aromatic heterocycles. The lowest BCUT2D eigenvalue weighted by molar-refractivity contribution is -0.141. The number of ether oxygens (including phenoxy) is 2. The number of sulfonamides is 1. The van der Waals surface area contributed by atoms with Crippen molar-refractivity contribution in [2.24, 2.45) is 5.92 Å². The van der Waals surface area contributed by atoms with Gasteiger partial charge in [0, 0.05) is 32.0 Å². The van der Waals surface area contributed by atoms with Gasteiger partial charge in [-0.1, -0.05) is 68.2 Å². The van der Waals surface area contributed by atoms with Crippen LogP contribution in [0.25, 0.3) is 5.57 Å². The summed E-state index contributed by atoms with van der Waals surface area (Å²) in [6, 6.07) is 10.7. The monoisotopic (exact) mass is 862 g/mol. The molecule has 15 nitrogen and oxygen atoms in total. The molecular formula is C44H55FN6O9S. The molecule has 2 aromatic carbocycles. The SMILES string of the molecule is C=C[C@@H]1C[C@@]12NC(=O)[C@@H]1C[C@@H](OC(=O)N3CC=C(c4ccccc4)CC3)CN1C(=O)[C@@H](NC(=O)OC1CCCC1)CCCCCCCNc1ccc(F)cc1S(=O)(=O)NC2=O. The van der Waals surface area contributed by atoms with Gasteiger partial charge in [0.1, 0.15) is 40.5 Å². The largest absolute Gasteiger partial charge is 0.446 e. The maximum absolute atomic E-state index is 14.6. The van der Waals surface area contributed by atoms with Gasteiger partial charge in [0.15, 0.2) is 0 Å². The van der Waals surface area contributed by atoms with Crippen molar-refractivity contribution in [3.8, 4) is 0 Å². The number of hydrogen-bond donors (Lipinski definition) is 4. The van der Waals surface area contributed by atoms with Gasteiger partial charge in [0.2, 0.25) is 11.8 Å². The van der Waals surface area contributed by atoms with E-state index in [0.717, 1.165) is 61.8 Å². The summed E-state index contributed by atoms with van der Waals surface area (Å²) in [6.07, 6.45) is 8.32. The average Bonchev–Trinajstić information content (AvgIpc) is 3.49. The predicted molar refractivity (Wildman–Crippen MR) is 224 cm³/mol. The summed E-state index contributed by atoms with van der Waals surface area (Å²) in [5, 5.41) is 8.54. The number of carbonyl (C=O) groups is 5. The third-order valence-electron chi connectivity index (χ3n) is 12.4. The highest BCUT2D eigenvalue weighted by Crippen LogP contribution is 2.45. The molecule has 61 heavy (non-hydrogen) atoms. The van der Waals surface area contributed by atoms with Crippen molar-refractivity contribution >= 4 is 51.2 Å². The zero-order valence-electron chi connectivity index (χ0n) is 34.2. The molecule has 3 fully saturated rings. The van der Waals surface area contributed by atoms with Gasteiger partial charge >= 0.3 is 12.2 Å². The number of alkyl carbamates (subject to hydrolysis) is 1. The lowest BCUT2D eigenvalue weighted by atomic mass is 10.00. The number of benzene rings is 2. The van der Waals surface area contributed by atoms with Crippen LogP contribution in [0, 0.1) is 11.7 Å². The van der Waals surface area contributed by atoms with Crippen molar-refractivity contribution in [1.29, 1.82) is 0 Å². The summed E-state index contributed by atoms with van der Waals surface area (Å²) >= 11 is 0. The number of nitrogens with zero attached hydrogens (tertiary/aromatic N) is 2. The van der Waals surface area contributed by atoms with E-state index in [1.165, 1.54) is 17.0 Å². The van der Waals surface area contributed by atoms with Crippen molar-refractivity contribution in [3.63, 3.8) is 0 Å². The lowest BCUT2D eigenvalue weighted by Crippen LogP contribution is -2.58. The fourth-order valence-electron chi connectivity index (χ4n) is 8.83. The standard InChI is InChI=1S/C44H55FN6O9S/c1-2-31-27-44(31)41(54)49-61(57,58)38-25-32(45)18-19-35(38)46-22-12-5-3-4-9-17-36(47-42(55)59-33-15-10-11-16-33)40(53)51-28-34(26-37(51)39(52)48-44)60-43(56)50-23-20-30(21-24-50)29-13-7-6-8-14-29/h2,6-8,13-14,18-20,25,31,33-34,36-37,46H,1,3-5,9-12,15-17,21-24,26-28H2,(H,47,55)(H,48,52)(H,49,54)/t31-,34-,36+,37+,44-/m1/s1. The molecule has 2 aromatic rings. The van der Waals surface area contributed by atoms with Gasteiger partial charge in [0.05, 0.1) is 12.2 Å². The Labute approximate surface area is 355 Å². The molecule has 3 aliphatic heterocycles. The predicted octanol–water partition coefficient (Wildman–Crippen LogP) is 5.39. The summed E-state index contributed by atoms with van der Waals surface area (Å²) in [4.78, 5) is 72.2. The van der Waals surface area contributed by atoms with Crippen molar-refractivity contribution in [1.82, 2.24) is 25.2 Å². The molecule has 1 saturated heterocycles. The van der Waals surface area contributed by atoms with Crippen LogP contribution in [-0.4, -0.2) is 104 Å². The van der Waals surface area contributed by atoms with Gasteiger partial charge in [-0.05, 0) is 80.7 Å². The first-order valence-electron chi connectivity index (χ1n) is 21.4. The van der Waals surface area contributed by atoms with Crippen LogP contribution in [0.3, 0.4) is 0 Å². The quantitative estimate of drug-likeness (QED) is 0.284. The number of nitrogens with one attached hydrogen (secondary N) is 4. The molecule has 2 aliphatic carbocycles. The average molecular weight is 863 g/mol. The third-order valence-corrected chi connectivity index (χ3v) is 13.8. The van der Waals surface area contributed by atoms with Gasteiger partial charge in [-0.15, -0.1) is 6.58 Å². The molecule has 5 amide bonds. The first-order chi connectivity index (χ1) is 29.4. The van der Waals surface area contributed by atoms with E-state index >= 15 is 0 Å². The Morgan fingerprint density at radius 3 is 2.39 bits per heavy atom. The second-order valence-corrected chi connectivity index (χ2v) is 18.3. The highest BCUT2D eigenvalue weighted by Gasteiger charge is 2.61. The summed E-state index contributed by atoms with van der Waals surface area (Å²) < 4.78 is 55.6. The van der Waals surface area contributed by atoms with Crippen LogP contribution >= 0.6 is 0 Å². The lowest BCUT2D eigenvalue weighted by Gasteiger charge is -2.30. The second kappa shape index (κ2) is 19.1. The van der Waals surface area contributed by atoms with Crippen molar-refractivity contribution in [3.05, 3.63) is 78.6 Å². The van der Waals surface area contributed by atoms with Crippen LogP contribution in [0.2, 0.25) is 0 Å². The molecule has 2 saturated carbocycles. The fraction of sp³-hybridized carbons (Fsp3) is 0.523. The summed E-state index contributed by atoms with van der Waals surface area (Å²) in [7, 11) is -4.66. The molecule has 0 unspecified atom stereocenters. The van der Waals surface area contributed by atoms with E-state index in [1.807, 2.05) is 36.4 Å². The smallest absolute Gasteiger partial charge is 0.410 e. The van der Waals surface area contributed by atoms with Gasteiger partial charge in [-0.3, -0.25) is 14.4 Å². The van der Waals surface area contributed by atoms with E-state index in [9.17, 15) is 36.8 Å². The molecule has 5 atom stereocenters. The van der Waals surface area contributed by atoms with E-state index in [0.29, 0.717) is 45.3 Å². The van der Waals surface area contributed by atoms with E-state index < -0.39 is 80.3 Å². The summed E-state index contributed by atoms with van der Waals surface area (Å²) in [5.74, 6) is -3.92. The maximum atomic E-state index is 14.6. The first kappa shape index (κ1) is 43.6. The fourth-order valence-corrected chi connectivity index (χ4v) is 10.1. The Hall–Kier alpha value is -5.45. The topological polar surface area (TPSA) is 193 Å². The molecule has 5 aliphatic rings. The number of fused-ring (bicyclic) bond motifs is 2. The van der Waals surface area contributed by atoms with Crippen LogP contribution < -0.4 is 20.7 Å². The Balaban J connectivity index is 1.14. The molecule has 17 heteroatoms. The van der Waals surface area contributed by atoms with Crippen LogP contribution in [0.1, 0.15) is 89.0 Å². The van der Waals surface area contributed by atoms with Gasteiger partial charge in [-0.25, -0.2) is 27.1 Å². The Kier molecular flexibility index (Phi) is 13.6. The first-order valence-corrected chi connectivity index (χ1v) is 22.9. The number of carbonyl (C=O) groups excluding carboxylic acids is 5. The van der Waals surface area contributed by atoms with Crippen LogP contribution in [0.5, 0.6) is 0 Å². The number of amides is 5. The summed E-state index contributed by atoms with van der Waals surface area (Å²) in [6.45, 7) is 4.65. The number of rotatable bonds is 5. The minimum absolute atomic E-state index is 0.00155. The molecular weight excluding hydrogens is 808 g/mol. The Morgan fingerprint density at radius 1 is 0.934 bits per heavy atom. The molecule has 328 valence electrons. The molecule has 3 heterocycles. The molecule has 7 rings (SSSR count). The van der Waals surface area contributed by atoms with Crippen LogP contribution in [0.4, 0.5) is 19.7 Å². The van der Waals surface area contributed by atoms with E-state index in [4.69, 9.17) is 9.47 Å². The third kappa shape index (κ3) is 10.4. The van der Waals surface area contributed by atoms with Crippen LogP contribution in [0.15, 0.2) is 72.2 Å². The maximum Gasteiger partial charge on any atom is 0.410 e. The molecule has 0 bridgehead atoms. The van der Waals surface area contributed by atoms with Gasteiger partial charge in [-0.2, -0.15) is 0 Å². The summed E-state index contributed by atoms with van der Waals surface area (Å²) in [5.41, 5.74) is 0.517. The Morgan fingerprint density at radius 2 is 1.67 bits per heavy atom. The minimum atomic E-state index is -4.66. The minimum Gasteiger partial charge on any atom is -0.446 e. The van der Waals surface area contributed by atoms with Crippen LogP contribution in [-0.2, 0) is 33.9 Å². The highest BCUT2D eigenvalue weighted by molar-refractivity contribution is 7.90. The van der Waals surface area contributed by atoms with Crippen molar-refractivity contribution in [2.75, 3.05) is 31.5 Å². The molecule has 4 N–H and O–H groups in total. The zero-order valence-corrected chi connectivity index (χ0v) is 35.1. The normalized spacial score (nSPS) is 27.6. The highest BCUT2D eigenvalue weighted by atomic mass is 32.2.